The number of halogens is 1. The third-order valence-corrected chi connectivity index (χ3v) is 3.61. The Hall–Kier alpha value is -1.13. The minimum atomic E-state index is 0.961. The molecule has 18 heavy (non-hydrogen) atoms. The van der Waals surface area contributed by atoms with E-state index in [1.165, 1.54) is 16.8 Å². The van der Waals surface area contributed by atoms with Crippen LogP contribution in [0.5, 0.6) is 0 Å². The quantitative estimate of drug-likeness (QED) is 0.941. The van der Waals surface area contributed by atoms with Crippen LogP contribution in [0, 0.1) is 6.92 Å². The minimum Gasteiger partial charge on any atom is -0.319 e. The van der Waals surface area contributed by atoms with Gasteiger partial charge in [-0.25, -0.2) is 0 Å². The van der Waals surface area contributed by atoms with Gasteiger partial charge in [-0.3, -0.25) is 4.68 Å². The zero-order valence-corrected chi connectivity index (χ0v) is 12.6. The predicted molar refractivity (Wildman–Crippen MR) is 78.7 cm³/mol. The summed E-state index contributed by atoms with van der Waals surface area (Å²) in [7, 11) is 3.99. The maximum Gasteiger partial charge on any atom is 0.0674 e. The molecule has 1 aromatic heterocycles. The van der Waals surface area contributed by atoms with E-state index in [9.17, 15) is 0 Å². The summed E-state index contributed by atoms with van der Waals surface area (Å²) >= 11 is 3.47. The molecular formula is C14H18BrN3. The third-order valence-electron chi connectivity index (χ3n) is 3.09. The van der Waals surface area contributed by atoms with Gasteiger partial charge >= 0.3 is 0 Å². The van der Waals surface area contributed by atoms with Gasteiger partial charge in [0.05, 0.1) is 5.69 Å². The van der Waals surface area contributed by atoms with Crippen molar-refractivity contribution in [3.63, 3.8) is 0 Å². The molecule has 0 aliphatic heterocycles. The highest BCUT2D eigenvalue weighted by atomic mass is 79.9. The van der Waals surface area contributed by atoms with Crippen molar-refractivity contribution in [2.45, 2.75) is 13.3 Å². The van der Waals surface area contributed by atoms with Gasteiger partial charge in [-0.2, -0.15) is 5.10 Å². The van der Waals surface area contributed by atoms with Crippen molar-refractivity contribution < 1.29 is 0 Å². The summed E-state index contributed by atoms with van der Waals surface area (Å²) in [6, 6.07) is 8.42. The third kappa shape index (κ3) is 2.65. The number of hydrogen-bond donors (Lipinski definition) is 1. The molecule has 1 aromatic carbocycles. The lowest BCUT2D eigenvalue weighted by atomic mass is 10.0. The lowest BCUT2D eigenvalue weighted by Crippen LogP contribution is -2.13. The molecule has 0 atom stereocenters. The van der Waals surface area contributed by atoms with E-state index in [0.29, 0.717) is 0 Å². The summed E-state index contributed by atoms with van der Waals surface area (Å²) in [5.41, 5.74) is 4.87. The Morgan fingerprint density at radius 1 is 1.28 bits per heavy atom. The largest absolute Gasteiger partial charge is 0.319 e. The van der Waals surface area contributed by atoms with Crippen LogP contribution >= 0.6 is 15.9 Å². The number of rotatable bonds is 4. The van der Waals surface area contributed by atoms with Gasteiger partial charge in [0.2, 0.25) is 0 Å². The van der Waals surface area contributed by atoms with Crippen LogP contribution in [-0.4, -0.2) is 23.4 Å². The van der Waals surface area contributed by atoms with Crippen LogP contribution in [0.4, 0.5) is 0 Å². The Bertz CT molecular complexity index is 529. The highest BCUT2D eigenvalue weighted by Gasteiger charge is 2.14. The first kappa shape index (κ1) is 13.3. The molecule has 0 saturated carbocycles. The van der Waals surface area contributed by atoms with Gasteiger partial charge in [0.15, 0.2) is 0 Å². The van der Waals surface area contributed by atoms with Crippen molar-refractivity contribution in [2.75, 3.05) is 13.6 Å². The van der Waals surface area contributed by atoms with Crippen LogP contribution in [0.2, 0.25) is 0 Å². The molecule has 96 valence electrons. The van der Waals surface area contributed by atoms with Crippen molar-refractivity contribution in [1.82, 2.24) is 15.1 Å². The van der Waals surface area contributed by atoms with E-state index in [0.717, 1.165) is 23.1 Å². The van der Waals surface area contributed by atoms with E-state index in [1.54, 1.807) is 0 Å². The molecule has 1 heterocycles. The highest BCUT2D eigenvalue weighted by Crippen LogP contribution is 2.28. The molecule has 2 aromatic rings. The van der Waals surface area contributed by atoms with Crippen LogP contribution in [0.15, 0.2) is 28.7 Å². The van der Waals surface area contributed by atoms with Crippen LogP contribution in [0.25, 0.3) is 11.1 Å². The van der Waals surface area contributed by atoms with Gasteiger partial charge in [-0.05, 0) is 31.7 Å². The fourth-order valence-electron chi connectivity index (χ4n) is 2.23. The molecule has 0 aliphatic rings. The van der Waals surface area contributed by atoms with Crippen molar-refractivity contribution in [1.29, 1.82) is 0 Å². The van der Waals surface area contributed by atoms with E-state index < -0.39 is 0 Å². The summed E-state index contributed by atoms with van der Waals surface area (Å²) < 4.78 is 3.09. The average molecular weight is 308 g/mol. The van der Waals surface area contributed by atoms with E-state index in [4.69, 9.17) is 0 Å². The van der Waals surface area contributed by atoms with Crippen molar-refractivity contribution in [2.24, 2.45) is 7.05 Å². The van der Waals surface area contributed by atoms with Gasteiger partial charge in [0.25, 0.3) is 0 Å². The summed E-state index contributed by atoms with van der Waals surface area (Å²) in [4.78, 5) is 0. The fraction of sp³-hybridized carbons (Fsp3) is 0.357. The molecule has 0 unspecified atom stereocenters. The Morgan fingerprint density at radius 2 is 1.94 bits per heavy atom. The van der Waals surface area contributed by atoms with Gasteiger partial charge in [-0.15, -0.1) is 0 Å². The molecular weight excluding hydrogens is 290 g/mol. The number of likely N-dealkylation sites (N-methyl/N-ethyl adjacent to an activating group) is 1. The molecule has 4 heteroatoms. The molecule has 0 saturated heterocycles. The Balaban J connectivity index is 2.45. The molecule has 0 aliphatic carbocycles. The molecule has 0 bridgehead atoms. The molecule has 0 fully saturated rings. The zero-order valence-electron chi connectivity index (χ0n) is 11.0. The average Bonchev–Trinajstić information content (AvgIpc) is 2.62. The van der Waals surface area contributed by atoms with Gasteiger partial charge < -0.3 is 5.32 Å². The second kappa shape index (κ2) is 5.67. The number of benzene rings is 1. The number of hydrogen-bond acceptors (Lipinski definition) is 2. The molecule has 2 rings (SSSR count). The molecule has 3 nitrogen and oxygen atoms in total. The number of aromatic nitrogens is 2. The van der Waals surface area contributed by atoms with Crippen molar-refractivity contribution >= 4 is 15.9 Å². The first-order valence-corrected chi connectivity index (χ1v) is 6.85. The van der Waals surface area contributed by atoms with Gasteiger partial charge in [0.1, 0.15) is 0 Å². The lowest BCUT2D eigenvalue weighted by Gasteiger charge is -2.07. The predicted octanol–water partition coefficient (Wildman–Crippen LogP) is 2.92. The van der Waals surface area contributed by atoms with Crippen LogP contribution in [-0.2, 0) is 13.5 Å². The van der Waals surface area contributed by atoms with Crippen LogP contribution in [0.1, 0.15) is 11.4 Å². The SMILES string of the molecule is CNCCc1c(-c2ccc(Br)cc2)c(C)nn1C. The van der Waals surface area contributed by atoms with Crippen molar-refractivity contribution in [3.8, 4) is 11.1 Å². The van der Waals surface area contributed by atoms with E-state index in [2.05, 4.69) is 57.5 Å². The van der Waals surface area contributed by atoms with Crippen molar-refractivity contribution in [3.05, 3.63) is 40.1 Å². The van der Waals surface area contributed by atoms with E-state index >= 15 is 0 Å². The molecule has 0 spiro atoms. The smallest absolute Gasteiger partial charge is 0.0674 e. The summed E-state index contributed by atoms with van der Waals surface area (Å²) in [6.07, 6.45) is 0.985. The van der Waals surface area contributed by atoms with Gasteiger partial charge in [0, 0.05) is 35.7 Å². The zero-order chi connectivity index (χ0) is 13.1. The van der Waals surface area contributed by atoms with E-state index in [1.807, 2.05) is 18.8 Å². The van der Waals surface area contributed by atoms with Crippen LogP contribution < -0.4 is 5.32 Å². The second-order valence-corrected chi connectivity index (χ2v) is 5.31. The molecule has 0 amide bonds. The number of aryl methyl sites for hydroxylation is 2. The fourth-order valence-corrected chi connectivity index (χ4v) is 2.49. The number of nitrogens with zero attached hydrogens (tertiary/aromatic N) is 2. The maximum absolute atomic E-state index is 4.54. The maximum atomic E-state index is 4.54. The minimum absolute atomic E-state index is 0.961. The standard InChI is InChI=1S/C14H18BrN3/c1-10-14(11-4-6-12(15)7-5-11)13(8-9-16-2)18(3)17-10/h4-7,16H,8-9H2,1-3H3. The highest BCUT2D eigenvalue weighted by molar-refractivity contribution is 9.10. The van der Waals surface area contributed by atoms with E-state index in [-0.39, 0.29) is 0 Å². The monoisotopic (exact) mass is 307 g/mol. The number of nitrogens with one attached hydrogen (secondary N) is 1. The Kier molecular flexibility index (Phi) is 4.19. The summed E-state index contributed by atoms with van der Waals surface area (Å²) in [5, 5.41) is 7.73. The van der Waals surface area contributed by atoms with Gasteiger partial charge in [-0.1, -0.05) is 28.1 Å². The van der Waals surface area contributed by atoms with Crippen LogP contribution in [0.3, 0.4) is 0 Å². The molecule has 1 N–H and O–H groups in total. The summed E-state index contributed by atoms with van der Waals surface area (Å²) in [5.74, 6) is 0. The first-order chi connectivity index (χ1) is 8.63. The topological polar surface area (TPSA) is 29.9 Å². The lowest BCUT2D eigenvalue weighted by molar-refractivity contribution is 0.678. The molecule has 0 radical (unpaired) electrons. The Morgan fingerprint density at radius 3 is 2.56 bits per heavy atom. The summed E-state index contributed by atoms with van der Waals surface area (Å²) in [6.45, 7) is 3.03. The Labute approximate surface area is 116 Å². The first-order valence-electron chi connectivity index (χ1n) is 6.06. The normalized spacial score (nSPS) is 10.9. The second-order valence-electron chi connectivity index (χ2n) is 4.39.